The highest BCUT2D eigenvalue weighted by molar-refractivity contribution is 7.85. The monoisotopic (exact) mass is 648 g/mol. The minimum atomic E-state index is -3.03. The van der Waals surface area contributed by atoms with Gasteiger partial charge in [-0.1, -0.05) is 146 Å². The molecular formula is C44H29N2O2P. The molecule has 0 N–H and O–H groups in total. The zero-order valence-corrected chi connectivity index (χ0v) is 27.3. The van der Waals surface area contributed by atoms with Crippen LogP contribution in [0.3, 0.4) is 0 Å². The largest absolute Gasteiger partial charge is 0.436 e. The summed E-state index contributed by atoms with van der Waals surface area (Å²) in [5.74, 6) is 0.602. The van der Waals surface area contributed by atoms with Crippen LogP contribution in [-0.4, -0.2) is 9.97 Å². The summed E-state index contributed by atoms with van der Waals surface area (Å²) in [6, 6.07) is 58.5. The van der Waals surface area contributed by atoms with Crippen LogP contribution in [0.2, 0.25) is 0 Å². The second-order valence-electron chi connectivity index (χ2n) is 12.1. The van der Waals surface area contributed by atoms with Crippen LogP contribution in [0.4, 0.5) is 0 Å². The van der Waals surface area contributed by atoms with Crippen molar-refractivity contribution in [2.45, 2.75) is 0 Å². The Labute approximate surface area is 283 Å². The summed E-state index contributed by atoms with van der Waals surface area (Å²) in [6.07, 6.45) is 0. The zero-order valence-electron chi connectivity index (χ0n) is 26.4. The summed E-state index contributed by atoms with van der Waals surface area (Å²) < 4.78 is 21.1. The van der Waals surface area contributed by atoms with Crippen molar-refractivity contribution in [2.75, 3.05) is 0 Å². The summed E-state index contributed by atoms with van der Waals surface area (Å²) in [7, 11) is -3.03. The first kappa shape index (κ1) is 29.1. The summed E-state index contributed by atoms with van der Waals surface area (Å²) in [5, 5.41) is 5.56. The van der Waals surface area contributed by atoms with Crippen LogP contribution in [0.15, 0.2) is 180 Å². The second-order valence-corrected chi connectivity index (χ2v) is 14.9. The van der Waals surface area contributed by atoms with Gasteiger partial charge in [0.1, 0.15) is 5.52 Å². The average Bonchev–Trinajstić information content (AvgIpc) is 3.63. The van der Waals surface area contributed by atoms with Gasteiger partial charge in [0.15, 0.2) is 12.7 Å². The first-order chi connectivity index (χ1) is 24.2. The Bertz CT molecular complexity index is 2610. The maximum Gasteiger partial charge on any atom is 0.227 e. The van der Waals surface area contributed by atoms with Gasteiger partial charge in [0, 0.05) is 43.2 Å². The normalized spacial score (nSPS) is 11.8. The molecule has 0 bridgehead atoms. The summed E-state index contributed by atoms with van der Waals surface area (Å²) in [6.45, 7) is 0. The highest BCUT2D eigenvalue weighted by Gasteiger charge is 2.29. The lowest BCUT2D eigenvalue weighted by atomic mass is 9.97. The smallest absolute Gasteiger partial charge is 0.227 e. The van der Waals surface area contributed by atoms with Crippen molar-refractivity contribution in [2.24, 2.45) is 0 Å². The van der Waals surface area contributed by atoms with Crippen molar-refractivity contribution < 1.29 is 8.98 Å². The van der Waals surface area contributed by atoms with Crippen LogP contribution in [0, 0.1) is 0 Å². The number of rotatable bonds is 6. The Morgan fingerprint density at radius 1 is 0.429 bits per heavy atom. The Balaban J connectivity index is 1.11. The highest BCUT2D eigenvalue weighted by atomic mass is 31.2. The van der Waals surface area contributed by atoms with Gasteiger partial charge in [-0.3, -0.25) is 0 Å². The fourth-order valence-electron chi connectivity index (χ4n) is 6.76. The van der Waals surface area contributed by atoms with Crippen LogP contribution in [0.25, 0.3) is 66.6 Å². The van der Waals surface area contributed by atoms with E-state index in [0.29, 0.717) is 5.89 Å². The van der Waals surface area contributed by atoms with Gasteiger partial charge in [0.25, 0.3) is 0 Å². The van der Waals surface area contributed by atoms with Gasteiger partial charge in [-0.25, -0.2) is 9.97 Å². The van der Waals surface area contributed by atoms with E-state index in [0.717, 1.165) is 76.6 Å². The summed E-state index contributed by atoms with van der Waals surface area (Å²) in [5.41, 5.74) is 7.46. The van der Waals surface area contributed by atoms with E-state index in [9.17, 15) is 4.57 Å². The third-order valence-corrected chi connectivity index (χ3v) is 12.3. The predicted octanol–water partition coefficient (Wildman–Crippen LogP) is 10.2. The number of para-hydroxylation sites is 1. The van der Waals surface area contributed by atoms with E-state index in [1.165, 1.54) is 0 Å². The van der Waals surface area contributed by atoms with E-state index in [4.69, 9.17) is 14.4 Å². The van der Waals surface area contributed by atoms with Crippen LogP contribution in [-0.2, 0) is 4.57 Å². The minimum Gasteiger partial charge on any atom is -0.436 e. The fourth-order valence-corrected chi connectivity index (χ4v) is 9.41. The van der Waals surface area contributed by atoms with Gasteiger partial charge in [-0.15, -0.1) is 0 Å². The first-order valence-electron chi connectivity index (χ1n) is 16.3. The van der Waals surface area contributed by atoms with E-state index in [-0.39, 0.29) is 0 Å². The van der Waals surface area contributed by atoms with Crippen LogP contribution < -0.4 is 15.9 Å². The number of hydrogen-bond acceptors (Lipinski definition) is 4. The molecule has 5 heteroatoms. The van der Waals surface area contributed by atoms with Crippen molar-refractivity contribution in [3.63, 3.8) is 0 Å². The van der Waals surface area contributed by atoms with Crippen molar-refractivity contribution in [3.8, 4) is 33.8 Å². The third kappa shape index (κ3) is 4.97. The minimum absolute atomic E-state index is 0.602. The quantitative estimate of drug-likeness (QED) is 0.133. The number of nitrogens with zero attached hydrogens (tertiary/aromatic N) is 2. The van der Waals surface area contributed by atoms with Crippen LogP contribution in [0.5, 0.6) is 0 Å². The lowest BCUT2D eigenvalue weighted by Gasteiger charge is -2.20. The number of fused-ring (bicyclic) bond motifs is 5. The van der Waals surface area contributed by atoms with E-state index in [2.05, 4.69) is 54.6 Å². The number of hydrogen-bond donors (Lipinski definition) is 0. The fraction of sp³-hybridized carbons (Fsp3) is 0. The van der Waals surface area contributed by atoms with Gasteiger partial charge in [-0.2, -0.15) is 0 Å². The molecule has 0 atom stereocenters. The maximum atomic E-state index is 14.8. The van der Waals surface area contributed by atoms with E-state index in [1.807, 2.05) is 121 Å². The molecule has 0 amide bonds. The van der Waals surface area contributed by atoms with Crippen LogP contribution in [0.1, 0.15) is 0 Å². The molecule has 0 radical (unpaired) electrons. The molecule has 4 nitrogen and oxygen atoms in total. The molecule has 0 saturated carbocycles. The molecule has 0 saturated heterocycles. The van der Waals surface area contributed by atoms with E-state index >= 15 is 0 Å². The van der Waals surface area contributed by atoms with Crippen molar-refractivity contribution >= 4 is 55.8 Å². The van der Waals surface area contributed by atoms with Gasteiger partial charge in [0.2, 0.25) is 5.89 Å². The highest BCUT2D eigenvalue weighted by Crippen LogP contribution is 2.43. The standard InChI is InChI=1S/C44H29N2O2P/c47-49(34-14-6-2-7-15-34,35-16-8-3-9-17-35)36-26-24-31(25-27-36)30-20-22-32(23-21-30)42-38-28-29-40-43(41(38)37-18-10-11-19-39(37)45-42)46-44(48-40)33-12-4-1-5-13-33/h1-29H. The van der Waals surface area contributed by atoms with E-state index < -0.39 is 7.14 Å². The molecule has 0 aliphatic heterocycles. The molecule has 0 fully saturated rings. The Kier molecular flexibility index (Phi) is 7.04. The molecule has 2 heterocycles. The number of benzene rings is 7. The topological polar surface area (TPSA) is 56.0 Å². The predicted molar refractivity (Wildman–Crippen MR) is 203 cm³/mol. The molecule has 9 aromatic rings. The lowest BCUT2D eigenvalue weighted by Crippen LogP contribution is -2.24. The summed E-state index contributed by atoms with van der Waals surface area (Å²) in [4.78, 5) is 10.2. The van der Waals surface area contributed by atoms with Crippen molar-refractivity contribution in [1.82, 2.24) is 9.97 Å². The van der Waals surface area contributed by atoms with Crippen molar-refractivity contribution in [3.05, 3.63) is 176 Å². The Morgan fingerprint density at radius 2 is 0.959 bits per heavy atom. The van der Waals surface area contributed by atoms with Crippen LogP contribution >= 0.6 is 7.14 Å². The molecule has 232 valence electrons. The molecule has 49 heavy (non-hydrogen) atoms. The Hall–Kier alpha value is -6.09. The number of aromatic nitrogens is 2. The van der Waals surface area contributed by atoms with Gasteiger partial charge < -0.3 is 8.98 Å². The molecule has 0 spiro atoms. The average molecular weight is 649 g/mol. The van der Waals surface area contributed by atoms with Gasteiger partial charge >= 0.3 is 0 Å². The lowest BCUT2D eigenvalue weighted by molar-refractivity contribution is 0.592. The molecule has 7 aromatic carbocycles. The molecule has 2 aromatic heterocycles. The van der Waals surface area contributed by atoms with E-state index in [1.54, 1.807) is 0 Å². The molecule has 9 rings (SSSR count). The zero-order chi connectivity index (χ0) is 32.8. The second kappa shape index (κ2) is 11.9. The molecule has 0 unspecified atom stereocenters. The summed E-state index contributed by atoms with van der Waals surface area (Å²) >= 11 is 0. The van der Waals surface area contributed by atoms with Crippen molar-refractivity contribution in [1.29, 1.82) is 0 Å². The molecule has 0 aliphatic carbocycles. The van der Waals surface area contributed by atoms with Gasteiger partial charge in [-0.05, 0) is 41.5 Å². The number of pyridine rings is 1. The molecular weight excluding hydrogens is 619 g/mol. The third-order valence-electron chi connectivity index (χ3n) is 9.20. The Morgan fingerprint density at radius 3 is 1.61 bits per heavy atom. The SMILES string of the molecule is O=P(c1ccccc1)(c1ccccc1)c1ccc(-c2ccc(-c3nc4ccccc4c4c3ccc3oc(-c5ccccc5)nc34)cc2)cc1. The van der Waals surface area contributed by atoms with Gasteiger partial charge in [0.05, 0.1) is 11.2 Å². The molecule has 0 aliphatic rings. The maximum absolute atomic E-state index is 14.8. The number of oxazole rings is 1. The first-order valence-corrected chi connectivity index (χ1v) is 18.0.